The van der Waals surface area contributed by atoms with Gasteiger partial charge in [-0.05, 0) is 50.5 Å². The molecule has 21 heavy (non-hydrogen) atoms. The zero-order valence-corrected chi connectivity index (χ0v) is 13.5. The summed E-state index contributed by atoms with van der Waals surface area (Å²) in [5.41, 5.74) is 8.49. The van der Waals surface area contributed by atoms with E-state index in [0.717, 1.165) is 45.0 Å². The van der Waals surface area contributed by atoms with Crippen LogP contribution in [-0.4, -0.2) is 49.9 Å². The zero-order chi connectivity index (χ0) is 15.2. The maximum absolute atomic E-state index is 5.91. The van der Waals surface area contributed by atoms with E-state index in [1.165, 1.54) is 11.1 Å². The van der Waals surface area contributed by atoms with Crippen LogP contribution in [0, 0.1) is 13.8 Å². The first kappa shape index (κ1) is 16.3. The molecule has 1 fully saturated rings. The van der Waals surface area contributed by atoms with Gasteiger partial charge < -0.3 is 15.2 Å². The molecule has 0 aromatic heterocycles. The standard InChI is InChI=1S/C17H28N2O2/c1-13-5-6-16(11-14(13)2)20-9-4-7-19-8-10-21-17(12-19)15(3)18/h5-6,11,15,17H,4,7-10,12,18H2,1-3H3. The molecule has 1 saturated heterocycles. The molecule has 118 valence electrons. The normalized spacial score (nSPS) is 21.2. The van der Waals surface area contributed by atoms with Crippen LogP contribution in [0.1, 0.15) is 24.5 Å². The lowest BCUT2D eigenvalue weighted by Crippen LogP contribution is -2.49. The molecular weight excluding hydrogens is 264 g/mol. The van der Waals surface area contributed by atoms with Crippen molar-refractivity contribution < 1.29 is 9.47 Å². The van der Waals surface area contributed by atoms with Gasteiger partial charge >= 0.3 is 0 Å². The maximum atomic E-state index is 5.91. The van der Waals surface area contributed by atoms with E-state index < -0.39 is 0 Å². The molecule has 1 aromatic carbocycles. The van der Waals surface area contributed by atoms with Crippen molar-refractivity contribution in [2.75, 3.05) is 32.8 Å². The quantitative estimate of drug-likeness (QED) is 0.816. The van der Waals surface area contributed by atoms with Gasteiger partial charge in [0, 0.05) is 25.7 Å². The molecule has 2 atom stereocenters. The first-order valence-electron chi connectivity index (χ1n) is 7.86. The van der Waals surface area contributed by atoms with Crippen LogP contribution in [0.2, 0.25) is 0 Å². The maximum Gasteiger partial charge on any atom is 0.119 e. The zero-order valence-electron chi connectivity index (χ0n) is 13.5. The minimum absolute atomic E-state index is 0.0968. The number of hydrogen-bond donors (Lipinski definition) is 1. The number of benzene rings is 1. The molecule has 0 bridgehead atoms. The molecule has 1 heterocycles. The number of ether oxygens (including phenoxy) is 2. The summed E-state index contributed by atoms with van der Waals surface area (Å²) in [7, 11) is 0. The highest BCUT2D eigenvalue weighted by Crippen LogP contribution is 2.16. The fraction of sp³-hybridized carbons (Fsp3) is 0.647. The van der Waals surface area contributed by atoms with E-state index in [-0.39, 0.29) is 12.1 Å². The van der Waals surface area contributed by atoms with Gasteiger partial charge in [0.2, 0.25) is 0 Å². The second kappa shape index (κ2) is 7.78. The number of rotatable bonds is 6. The van der Waals surface area contributed by atoms with Crippen molar-refractivity contribution in [1.29, 1.82) is 0 Å². The second-order valence-corrected chi connectivity index (χ2v) is 6.02. The van der Waals surface area contributed by atoms with Crippen molar-refractivity contribution >= 4 is 0 Å². The van der Waals surface area contributed by atoms with Crippen LogP contribution in [0.25, 0.3) is 0 Å². The van der Waals surface area contributed by atoms with Crippen molar-refractivity contribution in [3.8, 4) is 5.75 Å². The van der Waals surface area contributed by atoms with Gasteiger partial charge in [-0.1, -0.05) is 6.07 Å². The van der Waals surface area contributed by atoms with Crippen molar-refractivity contribution in [1.82, 2.24) is 4.90 Å². The molecule has 0 spiro atoms. The van der Waals surface area contributed by atoms with Crippen molar-refractivity contribution in [2.45, 2.75) is 39.3 Å². The number of hydrogen-bond acceptors (Lipinski definition) is 4. The van der Waals surface area contributed by atoms with E-state index in [1.807, 2.05) is 13.0 Å². The summed E-state index contributed by atoms with van der Waals surface area (Å²) in [6.45, 7) is 10.7. The average molecular weight is 292 g/mol. The summed E-state index contributed by atoms with van der Waals surface area (Å²) in [5, 5.41) is 0. The highest BCUT2D eigenvalue weighted by atomic mass is 16.5. The summed E-state index contributed by atoms with van der Waals surface area (Å²) in [5.74, 6) is 0.966. The Morgan fingerprint density at radius 1 is 1.38 bits per heavy atom. The summed E-state index contributed by atoms with van der Waals surface area (Å²) >= 11 is 0. The predicted octanol–water partition coefficient (Wildman–Crippen LogP) is 2.12. The third-order valence-electron chi connectivity index (χ3n) is 4.13. The largest absolute Gasteiger partial charge is 0.494 e. The lowest BCUT2D eigenvalue weighted by Gasteiger charge is -2.34. The van der Waals surface area contributed by atoms with Crippen molar-refractivity contribution in [3.63, 3.8) is 0 Å². The molecule has 0 amide bonds. The lowest BCUT2D eigenvalue weighted by atomic mass is 10.1. The molecule has 1 aromatic rings. The van der Waals surface area contributed by atoms with Crippen LogP contribution in [0.4, 0.5) is 0 Å². The molecule has 1 aliphatic rings. The van der Waals surface area contributed by atoms with E-state index in [0.29, 0.717) is 0 Å². The van der Waals surface area contributed by atoms with Crippen LogP contribution in [0.5, 0.6) is 5.75 Å². The Morgan fingerprint density at radius 2 is 2.19 bits per heavy atom. The van der Waals surface area contributed by atoms with Gasteiger partial charge in [0.15, 0.2) is 0 Å². The fourth-order valence-electron chi connectivity index (χ4n) is 2.53. The molecule has 0 radical (unpaired) electrons. The number of nitrogens with zero attached hydrogens (tertiary/aromatic N) is 1. The third kappa shape index (κ3) is 4.99. The van der Waals surface area contributed by atoms with Crippen molar-refractivity contribution in [2.24, 2.45) is 5.73 Å². The van der Waals surface area contributed by atoms with Crippen LogP contribution in [0.15, 0.2) is 18.2 Å². The molecular formula is C17H28N2O2. The molecule has 1 aliphatic heterocycles. The van der Waals surface area contributed by atoms with Gasteiger partial charge in [0.05, 0.1) is 19.3 Å². The fourth-order valence-corrected chi connectivity index (χ4v) is 2.53. The van der Waals surface area contributed by atoms with E-state index >= 15 is 0 Å². The predicted molar refractivity (Wildman–Crippen MR) is 85.9 cm³/mol. The van der Waals surface area contributed by atoms with Crippen LogP contribution < -0.4 is 10.5 Å². The van der Waals surface area contributed by atoms with E-state index in [2.05, 4.69) is 30.9 Å². The minimum Gasteiger partial charge on any atom is -0.494 e. The molecule has 2 unspecified atom stereocenters. The first-order valence-corrected chi connectivity index (χ1v) is 7.86. The van der Waals surface area contributed by atoms with Crippen molar-refractivity contribution in [3.05, 3.63) is 29.3 Å². The summed E-state index contributed by atoms with van der Waals surface area (Å²) < 4.78 is 11.5. The second-order valence-electron chi connectivity index (χ2n) is 6.02. The van der Waals surface area contributed by atoms with Crippen LogP contribution in [-0.2, 0) is 4.74 Å². The Bertz CT molecular complexity index is 448. The smallest absolute Gasteiger partial charge is 0.119 e. The summed E-state index contributed by atoms with van der Waals surface area (Å²) in [6.07, 6.45) is 1.19. The van der Waals surface area contributed by atoms with Crippen LogP contribution >= 0.6 is 0 Å². The number of nitrogens with two attached hydrogens (primary N) is 1. The minimum atomic E-state index is 0.0968. The van der Waals surface area contributed by atoms with E-state index in [9.17, 15) is 0 Å². The van der Waals surface area contributed by atoms with E-state index in [4.69, 9.17) is 15.2 Å². The highest BCUT2D eigenvalue weighted by molar-refractivity contribution is 5.33. The Hall–Kier alpha value is -1.10. The average Bonchev–Trinajstić information content (AvgIpc) is 2.47. The van der Waals surface area contributed by atoms with Gasteiger partial charge in [0.25, 0.3) is 0 Å². The highest BCUT2D eigenvalue weighted by Gasteiger charge is 2.22. The monoisotopic (exact) mass is 292 g/mol. The van der Waals surface area contributed by atoms with Crippen LogP contribution in [0.3, 0.4) is 0 Å². The SMILES string of the molecule is Cc1ccc(OCCCN2CCOC(C(C)N)C2)cc1C. The molecule has 0 aliphatic carbocycles. The van der Waals surface area contributed by atoms with Gasteiger partial charge in [-0.2, -0.15) is 0 Å². The molecule has 4 nitrogen and oxygen atoms in total. The molecule has 2 N–H and O–H groups in total. The molecule has 4 heteroatoms. The first-order chi connectivity index (χ1) is 10.1. The third-order valence-corrected chi connectivity index (χ3v) is 4.13. The van der Waals surface area contributed by atoms with Gasteiger partial charge in [-0.15, -0.1) is 0 Å². The summed E-state index contributed by atoms with van der Waals surface area (Å²) in [4.78, 5) is 2.42. The van der Waals surface area contributed by atoms with E-state index in [1.54, 1.807) is 0 Å². The molecule has 0 saturated carbocycles. The Kier molecular flexibility index (Phi) is 6.03. The number of morpholine rings is 1. The topological polar surface area (TPSA) is 47.7 Å². The Morgan fingerprint density at radius 3 is 2.90 bits per heavy atom. The lowest BCUT2D eigenvalue weighted by molar-refractivity contribution is -0.0385. The number of aryl methyl sites for hydroxylation is 2. The van der Waals surface area contributed by atoms with Gasteiger partial charge in [-0.25, -0.2) is 0 Å². The van der Waals surface area contributed by atoms with Gasteiger partial charge in [-0.3, -0.25) is 4.90 Å². The van der Waals surface area contributed by atoms with Gasteiger partial charge in [0.1, 0.15) is 5.75 Å². The molecule has 2 rings (SSSR count). The Balaban J connectivity index is 1.68. The Labute approximate surface area is 128 Å². The summed E-state index contributed by atoms with van der Waals surface area (Å²) in [6, 6.07) is 6.36.